The summed E-state index contributed by atoms with van der Waals surface area (Å²) in [5.74, 6) is -0.0210. The molecule has 11 nitrogen and oxygen atoms in total. The fourth-order valence-corrected chi connectivity index (χ4v) is 8.72. The number of nitrogens with one attached hydrogen (secondary N) is 2. The van der Waals surface area contributed by atoms with Crippen LogP contribution in [-0.4, -0.2) is 87.7 Å². The van der Waals surface area contributed by atoms with Crippen LogP contribution in [0.15, 0.2) is 137 Å². The van der Waals surface area contributed by atoms with Crippen molar-refractivity contribution in [3.8, 4) is 11.1 Å². The average molecular weight is 793 g/mol. The molecule has 13 heteroatoms. The van der Waals surface area contributed by atoms with Gasteiger partial charge in [-0.3, -0.25) is 19.8 Å². The van der Waals surface area contributed by atoms with Crippen molar-refractivity contribution >= 4 is 44.8 Å². The fourth-order valence-electron chi connectivity index (χ4n) is 6.74. The molecule has 0 radical (unpaired) electrons. The third kappa shape index (κ3) is 11.0. The maximum Gasteiger partial charge on any atom is 0.293 e. The molecule has 1 saturated heterocycles. The topological polar surface area (TPSA) is 128 Å². The molecule has 1 heterocycles. The minimum absolute atomic E-state index is 0.0938. The summed E-state index contributed by atoms with van der Waals surface area (Å²) in [6, 6.07) is 39.4. The van der Waals surface area contributed by atoms with Gasteiger partial charge in [-0.25, -0.2) is 13.1 Å². The molecule has 6 rings (SSSR count). The molecule has 0 aliphatic carbocycles. The first kappa shape index (κ1) is 40.5. The van der Waals surface area contributed by atoms with Crippen LogP contribution in [0.2, 0.25) is 0 Å². The predicted octanol–water partition coefficient (Wildman–Crippen LogP) is 7.62. The SMILES string of the molecule is CN(C)CC[C@H](CCSc1ccccc1)Nc1ccc(S(=O)(=O)NC(=O)c2ccc(N3CCN(Cc4ccccc4-c4ccccc4)CC3)cc2)cc1[N+](=O)[O-]. The number of nitrogens with zero attached hydrogens (tertiary/aromatic N) is 4. The molecule has 2 N–H and O–H groups in total. The number of rotatable bonds is 17. The van der Waals surface area contributed by atoms with Crippen LogP contribution in [0.25, 0.3) is 11.1 Å². The van der Waals surface area contributed by atoms with Gasteiger partial charge in [0.15, 0.2) is 0 Å². The highest BCUT2D eigenvalue weighted by Gasteiger charge is 2.26. The molecule has 1 fully saturated rings. The van der Waals surface area contributed by atoms with E-state index in [2.05, 4.69) is 73.3 Å². The molecular weight excluding hydrogens is 745 g/mol. The van der Waals surface area contributed by atoms with E-state index in [1.54, 1.807) is 23.9 Å². The number of nitro benzene ring substituents is 1. The number of piperazine rings is 1. The van der Waals surface area contributed by atoms with Crippen LogP contribution in [0, 0.1) is 10.1 Å². The van der Waals surface area contributed by atoms with Crippen LogP contribution in [0.4, 0.5) is 17.1 Å². The zero-order valence-corrected chi connectivity index (χ0v) is 33.3. The van der Waals surface area contributed by atoms with Crippen LogP contribution in [0.1, 0.15) is 28.8 Å². The van der Waals surface area contributed by atoms with E-state index in [0.29, 0.717) is 0 Å². The summed E-state index contributed by atoms with van der Waals surface area (Å²) >= 11 is 1.71. The number of thioether (sulfide) groups is 1. The van der Waals surface area contributed by atoms with Crippen molar-refractivity contribution in [3.63, 3.8) is 0 Å². The van der Waals surface area contributed by atoms with Crippen molar-refractivity contribution in [1.29, 1.82) is 0 Å². The van der Waals surface area contributed by atoms with Gasteiger partial charge < -0.3 is 15.1 Å². The summed E-state index contributed by atoms with van der Waals surface area (Å²) in [5, 5.41) is 15.5. The second-order valence-corrected chi connectivity index (χ2v) is 16.9. The van der Waals surface area contributed by atoms with Gasteiger partial charge in [0, 0.05) is 61.0 Å². The zero-order chi connectivity index (χ0) is 39.5. The molecule has 1 aliphatic heterocycles. The van der Waals surface area contributed by atoms with Gasteiger partial charge in [0.05, 0.1) is 9.82 Å². The molecule has 1 aliphatic rings. The molecule has 0 spiro atoms. The molecule has 292 valence electrons. The van der Waals surface area contributed by atoms with Crippen molar-refractivity contribution in [2.75, 3.05) is 62.8 Å². The summed E-state index contributed by atoms with van der Waals surface area (Å²) in [7, 11) is -0.478. The van der Waals surface area contributed by atoms with Crippen molar-refractivity contribution in [1.82, 2.24) is 14.5 Å². The van der Waals surface area contributed by atoms with Crippen molar-refractivity contribution < 1.29 is 18.1 Å². The minimum Gasteiger partial charge on any atom is -0.377 e. The highest BCUT2D eigenvalue weighted by Crippen LogP contribution is 2.30. The Bertz CT molecular complexity index is 2180. The van der Waals surface area contributed by atoms with Crippen LogP contribution in [0.3, 0.4) is 0 Å². The summed E-state index contributed by atoms with van der Waals surface area (Å²) in [6.07, 6.45) is 1.47. The lowest BCUT2D eigenvalue weighted by Gasteiger charge is -2.36. The number of anilines is 2. The molecular formula is C43H48N6O5S2. The molecule has 56 heavy (non-hydrogen) atoms. The third-order valence-electron chi connectivity index (χ3n) is 9.83. The Kier molecular flexibility index (Phi) is 13.8. The maximum absolute atomic E-state index is 13.4. The number of hydrogen-bond acceptors (Lipinski definition) is 10. The van der Waals surface area contributed by atoms with Crippen LogP contribution >= 0.6 is 11.8 Å². The molecule has 0 unspecified atom stereocenters. The lowest BCUT2D eigenvalue weighted by atomic mass is 9.99. The van der Waals surface area contributed by atoms with Gasteiger partial charge in [0.2, 0.25) is 0 Å². The van der Waals surface area contributed by atoms with E-state index >= 15 is 0 Å². The Balaban J connectivity index is 1.05. The highest BCUT2D eigenvalue weighted by atomic mass is 32.2. The maximum atomic E-state index is 13.4. The van der Waals surface area contributed by atoms with Crippen molar-refractivity contribution in [3.05, 3.63) is 149 Å². The Labute approximate surface area is 333 Å². The Morgan fingerprint density at radius 2 is 1.50 bits per heavy atom. The molecule has 0 aromatic heterocycles. The van der Waals surface area contributed by atoms with E-state index in [4.69, 9.17) is 0 Å². The van der Waals surface area contributed by atoms with E-state index in [0.717, 1.165) is 74.5 Å². The Hall–Kier alpha value is -5.21. The van der Waals surface area contributed by atoms with Crippen LogP contribution < -0.4 is 14.9 Å². The summed E-state index contributed by atoms with van der Waals surface area (Å²) in [4.78, 5) is 32.3. The van der Waals surface area contributed by atoms with Gasteiger partial charge in [-0.2, -0.15) is 0 Å². The van der Waals surface area contributed by atoms with Gasteiger partial charge >= 0.3 is 0 Å². The molecule has 0 bridgehead atoms. The fraction of sp³-hybridized carbons (Fsp3) is 0.279. The van der Waals surface area contributed by atoms with Gasteiger partial charge in [-0.05, 0) is 104 Å². The first-order chi connectivity index (χ1) is 27.1. The number of hydrogen-bond donors (Lipinski definition) is 2. The Morgan fingerprint density at radius 3 is 2.18 bits per heavy atom. The summed E-state index contributed by atoms with van der Waals surface area (Å²) in [6.45, 7) is 4.96. The number of nitro groups is 1. The number of amides is 1. The average Bonchev–Trinajstić information content (AvgIpc) is 3.21. The molecule has 5 aromatic rings. The summed E-state index contributed by atoms with van der Waals surface area (Å²) in [5.41, 5.74) is 4.68. The lowest BCUT2D eigenvalue weighted by Crippen LogP contribution is -2.46. The Morgan fingerprint density at radius 1 is 0.839 bits per heavy atom. The van der Waals surface area contributed by atoms with E-state index in [1.165, 1.54) is 28.8 Å². The van der Waals surface area contributed by atoms with E-state index in [9.17, 15) is 23.3 Å². The third-order valence-corrected chi connectivity index (χ3v) is 12.2. The number of carbonyl (C=O) groups excluding carboxylic acids is 1. The normalized spacial score (nSPS) is 14.0. The van der Waals surface area contributed by atoms with Gasteiger partial charge in [0.25, 0.3) is 21.6 Å². The second-order valence-electron chi connectivity index (χ2n) is 14.1. The number of sulfonamides is 1. The highest BCUT2D eigenvalue weighted by molar-refractivity contribution is 7.99. The molecule has 5 aromatic carbocycles. The first-order valence-corrected chi connectivity index (χ1v) is 21.2. The predicted molar refractivity (Wildman–Crippen MR) is 226 cm³/mol. The van der Waals surface area contributed by atoms with Gasteiger partial charge in [-0.15, -0.1) is 11.8 Å². The molecule has 1 atom stereocenters. The summed E-state index contributed by atoms with van der Waals surface area (Å²) < 4.78 is 28.8. The monoisotopic (exact) mass is 792 g/mol. The van der Waals surface area contributed by atoms with Crippen molar-refractivity contribution in [2.24, 2.45) is 0 Å². The smallest absolute Gasteiger partial charge is 0.293 e. The first-order valence-electron chi connectivity index (χ1n) is 18.7. The van der Waals surface area contributed by atoms with Crippen LogP contribution in [0.5, 0.6) is 0 Å². The number of benzene rings is 5. The second kappa shape index (κ2) is 19.1. The zero-order valence-electron chi connectivity index (χ0n) is 31.7. The minimum atomic E-state index is -4.42. The largest absolute Gasteiger partial charge is 0.377 e. The van der Waals surface area contributed by atoms with E-state index in [-0.39, 0.29) is 27.9 Å². The van der Waals surface area contributed by atoms with E-state index in [1.807, 2.05) is 62.6 Å². The van der Waals surface area contributed by atoms with Crippen LogP contribution in [-0.2, 0) is 16.6 Å². The number of carbonyl (C=O) groups is 1. The lowest BCUT2D eigenvalue weighted by molar-refractivity contribution is -0.384. The van der Waals surface area contributed by atoms with Gasteiger partial charge in [-0.1, -0.05) is 72.8 Å². The standard InChI is InChI=1S/C43H48N6O5S2/c1-46(2)25-23-36(24-30-55-38-14-7-4-8-15-38)44-41-22-21-39(31-42(41)49(51)52)56(53,54)45-43(50)34-17-19-37(20-18-34)48-28-26-47(27-29-48)32-35-13-9-10-16-40(35)33-11-5-3-6-12-33/h3-22,31,36,44H,23-30,32H2,1-2H3,(H,45,50)/t36-/m1/s1. The molecule has 0 saturated carbocycles. The van der Waals surface area contributed by atoms with Crippen molar-refractivity contribution in [2.45, 2.75) is 35.2 Å². The molecule has 1 amide bonds. The van der Waals surface area contributed by atoms with E-state index < -0.39 is 20.9 Å². The van der Waals surface area contributed by atoms with Gasteiger partial charge in [0.1, 0.15) is 5.69 Å². The quantitative estimate of drug-likeness (QED) is 0.0552.